The molecular weight excluding hydrogens is 807 g/mol. The second-order valence-electron chi connectivity index (χ2n) is 19.7. The molecule has 4 heteroatoms. The quantitative estimate of drug-likeness (QED) is 0.0421. The van der Waals surface area contributed by atoms with Gasteiger partial charge in [0.05, 0.1) is 18.8 Å². The number of aliphatic hydroxyl groups excluding tert-OH is 2. The third-order valence-corrected chi connectivity index (χ3v) is 13.1. The molecule has 0 bridgehead atoms. The van der Waals surface area contributed by atoms with E-state index < -0.39 is 12.1 Å². The first-order chi connectivity index (χ1) is 32.7. The molecule has 0 spiro atoms. The van der Waals surface area contributed by atoms with E-state index in [1.165, 1.54) is 225 Å². The van der Waals surface area contributed by atoms with Gasteiger partial charge < -0.3 is 15.5 Å². The van der Waals surface area contributed by atoms with Gasteiger partial charge in [0, 0.05) is 6.42 Å². The van der Waals surface area contributed by atoms with E-state index in [4.69, 9.17) is 0 Å². The van der Waals surface area contributed by atoms with Crippen molar-refractivity contribution in [3.05, 3.63) is 72.9 Å². The summed E-state index contributed by atoms with van der Waals surface area (Å²) in [6.45, 7) is 4.30. The van der Waals surface area contributed by atoms with Gasteiger partial charge in [-0.2, -0.15) is 0 Å². The molecule has 3 N–H and O–H groups in total. The zero-order chi connectivity index (χ0) is 47.7. The van der Waals surface area contributed by atoms with Crippen LogP contribution in [0.3, 0.4) is 0 Å². The van der Waals surface area contributed by atoms with E-state index in [0.29, 0.717) is 6.42 Å². The number of hydrogen-bond donors (Lipinski definition) is 3. The smallest absolute Gasteiger partial charge is 0.220 e. The molecule has 0 aromatic carbocycles. The van der Waals surface area contributed by atoms with Gasteiger partial charge in [-0.3, -0.25) is 4.79 Å². The third-order valence-electron chi connectivity index (χ3n) is 13.1. The number of carbonyl (C=O) groups is 1. The summed E-state index contributed by atoms with van der Waals surface area (Å²) < 4.78 is 0. The maximum atomic E-state index is 12.5. The minimum atomic E-state index is -0.877. The number of nitrogens with one attached hydrogen (secondary N) is 1. The summed E-state index contributed by atoms with van der Waals surface area (Å²) in [5.41, 5.74) is 0. The Morgan fingerprint density at radius 3 is 0.985 bits per heavy atom. The van der Waals surface area contributed by atoms with Crippen molar-refractivity contribution in [2.45, 2.75) is 309 Å². The summed E-state index contributed by atoms with van der Waals surface area (Å²) >= 11 is 0. The van der Waals surface area contributed by atoms with Crippen molar-refractivity contribution in [1.82, 2.24) is 5.32 Å². The molecule has 0 radical (unpaired) electrons. The maximum absolute atomic E-state index is 12.5. The summed E-state index contributed by atoms with van der Waals surface area (Å²) in [4.78, 5) is 12.5. The van der Waals surface area contributed by atoms with E-state index in [2.05, 4.69) is 79.9 Å². The molecule has 0 aliphatic carbocycles. The normalized spacial score (nSPS) is 13.3. The number of aliphatic hydroxyl groups is 2. The van der Waals surface area contributed by atoms with E-state index in [-0.39, 0.29) is 12.5 Å². The van der Waals surface area contributed by atoms with E-state index in [1.54, 1.807) is 6.08 Å². The molecule has 0 aromatic rings. The fourth-order valence-electron chi connectivity index (χ4n) is 8.69. The van der Waals surface area contributed by atoms with Crippen molar-refractivity contribution in [1.29, 1.82) is 0 Å². The van der Waals surface area contributed by atoms with Gasteiger partial charge in [0.1, 0.15) is 0 Å². The van der Waals surface area contributed by atoms with Crippen LogP contribution in [-0.2, 0) is 4.79 Å². The Morgan fingerprint density at radius 2 is 0.636 bits per heavy atom. The lowest BCUT2D eigenvalue weighted by Crippen LogP contribution is -2.45. The van der Waals surface area contributed by atoms with Crippen molar-refractivity contribution in [3.8, 4) is 0 Å². The van der Waals surface area contributed by atoms with Crippen LogP contribution < -0.4 is 5.32 Å². The lowest BCUT2D eigenvalue weighted by atomic mass is 10.0. The zero-order valence-corrected chi connectivity index (χ0v) is 44.2. The van der Waals surface area contributed by atoms with E-state index in [9.17, 15) is 15.0 Å². The van der Waals surface area contributed by atoms with Crippen molar-refractivity contribution >= 4 is 5.91 Å². The Kier molecular flexibility index (Phi) is 55.3. The Morgan fingerprint density at radius 1 is 0.364 bits per heavy atom. The van der Waals surface area contributed by atoms with E-state index in [0.717, 1.165) is 51.4 Å². The van der Waals surface area contributed by atoms with Crippen LogP contribution >= 0.6 is 0 Å². The van der Waals surface area contributed by atoms with Gasteiger partial charge in [-0.25, -0.2) is 0 Å². The lowest BCUT2D eigenvalue weighted by molar-refractivity contribution is -0.123. The van der Waals surface area contributed by atoms with Crippen LogP contribution in [-0.4, -0.2) is 34.9 Å². The second kappa shape index (κ2) is 57.1. The van der Waals surface area contributed by atoms with Gasteiger partial charge in [0.2, 0.25) is 5.91 Å². The number of hydrogen-bond acceptors (Lipinski definition) is 3. The van der Waals surface area contributed by atoms with Crippen LogP contribution in [0.25, 0.3) is 0 Å². The summed E-state index contributed by atoms with van der Waals surface area (Å²) in [7, 11) is 0. The number of amides is 1. The first-order valence-electron chi connectivity index (χ1n) is 29.2. The molecule has 1 amide bonds. The first kappa shape index (κ1) is 63.8. The molecule has 2 atom stereocenters. The first-order valence-corrected chi connectivity index (χ1v) is 29.2. The van der Waals surface area contributed by atoms with Gasteiger partial charge in [0.15, 0.2) is 0 Å². The minimum absolute atomic E-state index is 0.0816. The van der Waals surface area contributed by atoms with Crippen LogP contribution in [0.1, 0.15) is 296 Å². The topological polar surface area (TPSA) is 69.6 Å². The molecule has 0 rings (SSSR count). The van der Waals surface area contributed by atoms with Crippen LogP contribution in [0.5, 0.6) is 0 Å². The second-order valence-corrected chi connectivity index (χ2v) is 19.7. The van der Waals surface area contributed by atoms with Crippen LogP contribution in [0, 0.1) is 0 Å². The highest BCUT2D eigenvalue weighted by Gasteiger charge is 2.18. The highest BCUT2D eigenvalue weighted by Crippen LogP contribution is 2.16. The van der Waals surface area contributed by atoms with E-state index in [1.807, 2.05) is 6.08 Å². The van der Waals surface area contributed by atoms with Crippen molar-refractivity contribution in [3.63, 3.8) is 0 Å². The largest absolute Gasteiger partial charge is 0.394 e. The lowest BCUT2D eigenvalue weighted by Gasteiger charge is -2.19. The molecule has 66 heavy (non-hydrogen) atoms. The molecule has 384 valence electrons. The zero-order valence-electron chi connectivity index (χ0n) is 44.2. The molecule has 0 aliphatic rings. The van der Waals surface area contributed by atoms with Crippen LogP contribution in [0.2, 0.25) is 0 Å². The van der Waals surface area contributed by atoms with Crippen LogP contribution in [0.4, 0.5) is 0 Å². The van der Waals surface area contributed by atoms with Gasteiger partial charge in [-0.05, 0) is 83.5 Å². The average molecular weight is 921 g/mol. The van der Waals surface area contributed by atoms with Gasteiger partial charge in [-0.15, -0.1) is 0 Å². The highest BCUT2D eigenvalue weighted by atomic mass is 16.3. The Hall–Kier alpha value is -2.17. The molecule has 0 aliphatic heterocycles. The van der Waals surface area contributed by atoms with Crippen molar-refractivity contribution in [2.24, 2.45) is 0 Å². The maximum Gasteiger partial charge on any atom is 0.220 e. The van der Waals surface area contributed by atoms with Gasteiger partial charge in [0.25, 0.3) is 0 Å². The SMILES string of the molecule is CCCCCCC/C=C\C/C=C\C/C=C\CCCCCCCCCCCCC(=O)NC(CO)C(O)/C=C/CC/C=C/CC/C=C/CCCCCCCCCCCCCCCCCCCCC. The van der Waals surface area contributed by atoms with Gasteiger partial charge >= 0.3 is 0 Å². The summed E-state index contributed by atoms with van der Waals surface area (Å²) in [6.07, 6.45) is 82.1. The summed E-state index contributed by atoms with van der Waals surface area (Å²) in [5, 5.41) is 23.2. The van der Waals surface area contributed by atoms with Crippen LogP contribution in [0.15, 0.2) is 72.9 Å². The van der Waals surface area contributed by atoms with Crippen molar-refractivity contribution < 1.29 is 15.0 Å². The predicted molar refractivity (Wildman–Crippen MR) is 294 cm³/mol. The average Bonchev–Trinajstić information content (AvgIpc) is 3.32. The molecule has 0 saturated carbocycles. The minimum Gasteiger partial charge on any atom is -0.394 e. The standard InChI is InChI=1S/C62H113NO3/c1-3-5-7-9-11-13-15-17-19-21-23-25-27-29-30-31-32-34-35-37-39-41-43-45-47-49-51-53-55-57-61(65)60(59-64)63-62(66)58-56-54-52-50-48-46-44-42-40-38-36-33-28-26-24-22-20-18-16-14-12-10-8-6-4-2/h16,18,22,24,28,33,39,41,47,49,55,57,60-61,64-65H,3-15,17,19-21,23,25-27,29-32,34-38,40,42-46,48,50-54,56,58-59H2,1-2H3,(H,63,66)/b18-16-,24-22-,33-28-,41-39+,49-47+,57-55+. The Labute approximate surface area is 412 Å². The van der Waals surface area contributed by atoms with Gasteiger partial charge in [-0.1, -0.05) is 279 Å². The number of unbranched alkanes of at least 4 members (excludes halogenated alkanes) is 36. The molecule has 4 nitrogen and oxygen atoms in total. The number of allylic oxidation sites excluding steroid dienone is 11. The fourth-order valence-corrected chi connectivity index (χ4v) is 8.69. The predicted octanol–water partition coefficient (Wildman–Crippen LogP) is 19.4. The molecule has 0 aromatic heterocycles. The molecule has 0 saturated heterocycles. The highest BCUT2D eigenvalue weighted by molar-refractivity contribution is 5.76. The van der Waals surface area contributed by atoms with E-state index >= 15 is 0 Å². The monoisotopic (exact) mass is 920 g/mol. The summed E-state index contributed by atoms with van der Waals surface area (Å²) in [5.74, 6) is -0.0816. The third kappa shape index (κ3) is 52.8. The molecule has 2 unspecified atom stereocenters. The Bertz CT molecular complexity index is 1130. The Balaban J connectivity index is 3.58. The number of carbonyl (C=O) groups excluding carboxylic acids is 1. The van der Waals surface area contributed by atoms with Crippen molar-refractivity contribution in [2.75, 3.05) is 6.61 Å². The number of rotatable bonds is 53. The molecular formula is C62H113NO3. The molecule has 0 heterocycles. The summed E-state index contributed by atoms with van der Waals surface area (Å²) in [6, 6.07) is -0.653. The fraction of sp³-hybridized carbons (Fsp3) is 0.790. The molecule has 0 fully saturated rings.